The highest BCUT2D eigenvalue weighted by molar-refractivity contribution is 5.95. The minimum atomic E-state index is -0.0396. The van der Waals surface area contributed by atoms with E-state index in [9.17, 15) is 4.79 Å². The lowest BCUT2D eigenvalue weighted by Crippen LogP contribution is -2.23. The highest BCUT2D eigenvalue weighted by atomic mass is 16.2. The Morgan fingerprint density at radius 3 is 2.78 bits per heavy atom. The van der Waals surface area contributed by atoms with Gasteiger partial charge in [-0.2, -0.15) is 5.10 Å². The van der Waals surface area contributed by atoms with Crippen molar-refractivity contribution < 1.29 is 4.79 Å². The van der Waals surface area contributed by atoms with Crippen LogP contribution in [-0.4, -0.2) is 39.5 Å². The van der Waals surface area contributed by atoms with Crippen LogP contribution in [0.1, 0.15) is 21.6 Å². The van der Waals surface area contributed by atoms with Gasteiger partial charge in [0.25, 0.3) is 5.91 Å². The second kappa shape index (κ2) is 8.89. The van der Waals surface area contributed by atoms with Crippen molar-refractivity contribution in [2.75, 3.05) is 14.1 Å². The maximum atomic E-state index is 12.3. The molecule has 6 nitrogen and oxygen atoms in total. The lowest BCUT2D eigenvalue weighted by Gasteiger charge is -2.11. The van der Waals surface area contributed by atoms with E-state index in [1.54, 1.807) is 25.1 Å². The van der Waals surface area contributed by atoms with Crippen LogP contribution >= 0.6 is 0 Å². The average molecular weight is 424 g/mol. The van der Waals surface area contributed by atoms with Gasteiger partial charge in [-0.3, -0.25) is 4.79 Å². The average Bonchev–Trinajstić information content (AvgIpc) is 3.20. The van der Waals surface area contributed by atoms with Gasteiger partial charge < -0.3 is 10.6 Å². The number of rotatable bonds is 5. The monoisotopic (exact) mass is 423 g/mol. The van der Waals surface area contributed by atoms with Gasteiger partial charge in [0.15, 0.2) is 5.65 Å². The first-order chi connectivity index (χ1) is 15.5. The molecule has 6 heteroatoms. The van der Waals surface area contributed by atoms with Crippen LogP contribution in [0.15, 0.2) is 73.1 Å². The van der Waals surface area contributed by atoms with Crippen molar-refractivity contribution >= 4 is 24.2 Å². The van der Waals surface area contributed by atoms with E-state index in [0.717, 1.165) is 38.6 Å². The predicted molar refractivity (Wildman–Crippen MR) is 128 cm³/mol. The summed E-state index contributed by atoms with van der Waals surface area (Å²) in [4.78, 5) is 18.4. The molecular weight excluding hydrogens is 398 g/mol. The maximum absolute atomic E-state index is 12.3. The number of aromatic nitrogens is 3. The smallest absolute Gasteiger partial charge is 0.253 e. The van der Waals surface area contributed by atoms with Crippen molar-refractivity contribution in [2.45, 2.75) is 6.42 Å². The van der Waals surface area contributed by atoms with Gasteiger partial charge in [-0.05, 0) is 52.5 Å². The number of nitrogens with two attached hydrogens (primary N) is 1. The van der Waals surface area contributed by atoms with Gasteiger partial charge in [0, 0.05) is 31.6 Å². The third kappa shape index (κ3) is 4.30. The SMILES string of the molecule is C=c1ccc(Cc2cnc3ccc(-c4cccc(C(=O)N(C)C)c4)nn23)c/c1=C/C=C\N. The van der Waals surface area contributed by atoms with Gasteiger partial charge in [0.1, 0.15) is 0 Å². The van der Waals surface area contributed by atoms with Crippen LogP contribution in [-0.2, 0) is 6.42 Å². The first-order valence-electron chi connectivity index (χ1n) is 10.3. The summed E-state index contributed by atoms with van der Waals surface area (Å²) in [7, 11) is 3.49. The number of hydrogen-bond donors (Lipinski definition) is 1. The first kappa shape index (κ1) is 21.1. The lowest BCUT2D eigenvalue weighted by molar-refractivity contribution is 0.0827. The van der Waals surface area contributed by atoms with Gasteiger partial charge in [-0.15, -0.1) is 0 Å². The zero-order chi connectivity index (χ0) is 22.7. The van der Waals surface area contributed by atoms with Crippen LogP contribution in [0.2, 0.25) is 0 Å². The first-order valence-corrected chi connectivity index (χ1v) is 10.3. The fraction of sp³-hybridized carbons (Fsp3) is 0.115. The molecule has 0 bridgehead atoms. The van der Waals surface area contributed by atoms with Crippen LogP contribution in [0.3, 0.4) is 0 Å². The number of benzene rings is 2. The molecule has 4 rings (SSSR count). The normalized spacial score (nSPS) is 12.0. The molecule has 4 aromatic rings. The molecule has 0 aliphatic heterocycles. The highest BCUT2D eigenvalue weighted by Crippen LogP contribution is 2.20. The molecule has 0 radical (unpaired) electrons. The van der Waals surface area contributed by atoms with Crippen molar-refractivity contribution in [3.63, 3.8) is 0 Å². The summed E-state index contributed by atoms with van der Waals surface area (Å²) in [5.41, 5.74) is 10.6. The Morgan fingerprint density at radius 1 is 1.16 bits per heavy atom. The molecule has 0 saturated heterocycles. The number of allylic oxidation sites excluding steroid dienone is 1. The molecule has 32 heavy (non-hydrogen) atoms. The van der Waals surface area contributed by atoms with Crippen LogP contribution in [0.25, 0.3) is 29.6 Å². The minimum Gasteiger partial charge on any atom is -0.405 e. The summed E-state index contributed by atoms with van der Waals surface area (Å²) in [5.74, 6) is -0.0396. The van der Waals surface area contributed by atoms with Crippen LogP contribution in [0.4, 0.5) is 0 Å². The summed E-state index contributed by atoms with van der Waals surface area (Å²) in [6, 6.07) is 17.5. The Hall–Kier alpha value is -4.19. The lowest BCUT2D eigenvalue weighted by atomic mass is 10.1. The molecule has 2 aromatic carbocycles. The molecule has 2 heterocycles. The summed E-state index contributed by atoms with van der Waals surface area (Å²) < 4.78 is 1.86. The molecule has 0 fully saturated rings. The Bertz CT molecular complexity index is 1430. The number of fused-ring (bicyclic) bond motifs is 1. The molecular formula is C26H25N5O. The van der Waals surface area contributed by atoms with E-state index >= 15 is 0 Å². The number of carbonyl (C=O) groups excluding carboxylic acids is 1. The van der Waals surface area contributed by atoms with Gasteiger partial charge in [-0.25, -0.2) is 9.50 Å². The Balaban J connectivity index is 1.71. The van der Waals surface area contributed by atoms with E-state index < -0.39 is 0 Å². The molecule has 2 aromatic heterocycles. The largest absolute Gasteiger partial charge is 0.405 e. The fourth-order valence-electron chi connectivity index (χ4n) is 3.54. The topological polar surface area (TPSA) is 76.5 Å². The van der Waals surface area contributed by atoms with Crippen molar-refractivity contribution in [3.05, 3.63) is 100 Å². The molecule has 0 spiro atoms. The van der Waals surface area contributed by atoms with Gasteiger partial charge in [-0.1, -0.05) is 43.0 Å². The molecule has 0 aliphatic carbocycles. The number of imidazole rings is 1. The molecule has 0 aliphatic rings. The van der Waals surface area contributed by atoms with E-state index in [2.05, 4.69) is 23.7 Å². The minimum absolute atomic E-state index is 0.0396. The Kier molecular flexibility index (Phi) is 5.85. The summed E-state index contributed by atoms with van der Waals surface area (Å²) in [6.07, 6.45) is 7.76. The van der Waals surface area contributed by atoms with Gasteiger partial charge in [0.05, 0.1) is 17.6 Å². The molecule has 0 unspecified atom stereocenters. The molecule has 0 saturated carbocycles. The van der Waals surface area contributed by atoms with Crippen LogP contribution in [0, 0.1) is 0 Å². The molecule has 1 amide bonds. The van der Waals surface area contributed by atoms with Crippen molar-refractivity contribution in [1.82, 2.24) is 19.5 Å². The quantitative estimate of drug-likeness (QED) is 0.535. The number of carbonyl (C=O) groups is 1. The molecule has 0 atom stereocenters. The summed E-state index contributed by atoms with van der Waals surface area (Å²) >= 11 is 0. The van der Waals surface area contributed by atoms with E-state index in [4.69, 9.17) is 10.8 Å². The zero-order valence-electron chi connectivity index (χ0n) is 18.2. The van der Waals surface area contributed by atoms with Gasteiger partial charge >= 0.3 is 0 Å². The molecule has 2 N–H and O–H groups in total. The maximum Gasteiger partial charge on any atom is 0.253 e. The van der Waals surface area contributed by atoms with E-state index in [1.165, 1.54) is 6.20 Å². The fourth-order valence-corrected chi connectivity index (χ4v) is 3.54. The second-order valence-electron chi connectivity index (χ2n) is 7.78. The number of amides is 1. The summed E-state index contributed by atoms with van der Waals surface area (Å²) in [6.45, 7) is 4.07. The Morgan fingerprint density at radius 2 is 2.00 bits per heavy atom. The van der Waals surface area contributed by atoms with E-state index in [-0.39, 0.29) is 5.91 Å². The molecule has 160 valence electrons. The number of nitrogens with zero attached hydrogens (tertiary/aromatic N) is 4. The standard InChI is InChI=1S/C26H25N5O/c1-18-9-10-19(14-20(18)8-5-13-27)15-23-17-28-25-12-11-24(29-31(23)25)21-6-4-7-22(16-21)26(32)30(2)3/h4-14,16-17H,1,15,27H2,2-3H3/b13-5-,20-8-. The predicted octanol–water partition coefficient (Wildman–Crippen LogP) is 2.35. The van der Waals surface area contributed by atoms with E-state index in [0.29, 0.717) is 12.0 Å². The second-order valence-corrected chi connectivity index (χ2v) is 7.78. The highest BCUT2D eigenvalue weighted by Gasteiger charge is 2.11. The van der Waals surface area contributed by atoms with E-state index in [1.807, 2.05) is 59.3 Å². The zero-order valence-corrected chi connectivity index (χ0v) is 18.2. The van der Waals surface area contributed by atoms with Crippen LogP contribution in [0.5, 0.6) is 0 Å². The van der Waals surface area contributed by atoms with Crippen LogP contribution < -0.4 is 16.2 Å². The Labute approximate surface area is 186 Å². The third-order valence-corrected chi connectivity index (χ3v) is 5.23. The van der Waals surface area contributed by atoms with Crippen molar-refractivity contribution in [2.24, 2.45) is 5.73 Å². The third-order valence-electron chi connectivity index (χ3n) is 5.23. The van der Waals surface area contributed by atoms with Crippen molar-refractivity contribution in [3.8, 4) is 11.3 Å². The van der Waals surface area contributed by atoms with Crippen molar-refractivity contribution in [1.29, 1.82) is 0 Å². The summed E-state index contributed by atoms with van der Waals surface area (Å²) in [5, 5.41) is 6.78. The number of hydrogen-bond acceptors (Lipinski definition) is 4. The van der Waals surface area contributed by atoms with Gasteiger partial charge in [0.2, 0.25) is 0 Å².